The maximum absolute atomic E-state index is 15.1. The molecule has 9 nitrogen and oxygen atoms in total. The molecule has 45 heavy (non-hydrogen) atoms. The summed E-state index contributed by atoms with van der Waals surface area (Å²) in [6, 6.07) is 7.09. The minimum absolute atomic E-state index is 0.169. The van der Waals surface area contributed by atoms with Gasteiger partial charge in [0.25, 0.3) is 12.9 Å². The van der Waals surface area contributed by atoms with Crippen molar-refractivity contribution in [1.29, 1.82) is 0 Å². The van der Waals surface area contributed by atoms with E-state index in [9.17, 15) is 9.59 Å². The van der Waals surface area contributed by atoms with Crippen LogP contribution in [0.25, 0.3) is 21.8 Å². The highest BCUT2D eigenvalue weighted by Gasteiger charge is 2.26. The number of ether oxygens (including phenoxy) is 2. The molecule has 0 spiro atoms. The molecule has 0 amide bonds. The second-order valence-corrected chi connectivity index (χ2v) is 11.3. The summed E-state index contributed by atoms with van der Waals surface area (Å²) in [5, 5.41) is 4.10. The summed E-state index contributed by atoms with van der Waals surface area (Å²) in [5.41, 5.74) is 1.87. The zero-order valence-electron chi connectivity index (χ0n) is 27.4. The first kappa shape index (κ1) is 41.3. The number of nitrogens with one attached hydrogen (secondary N) is 1. The Morgan fingerprint density at radius 2 is 1.78 bits per heavy atom. The van der Waals surface area contributed by atoms with Gasteiger partial charge in [-0.2, -0.15) is 0 Å². The largest absolute Gasteiger partial charge is 0.464 e. The van der Waals surface area contributed by atoms with E-state index < -0.39 is 0 Å². The monoisotopic (exact) mass is 663 g/mol. The van der Waals surface area contributed by atoms with Gasteiger partial charge in [0, 0.05) is 24.7 Å². The van der Waals surface area contributed by atoms with E-state index in [0.29, 0.717) is 48.1 Å². The highest BCUT2D eigenvalue weighted by molar-refractivity contribution is 7.15. The number of nitrogens with zero attached hydrogens (tertiary/aromatic N) is 4. The quantitative estimate of drug-likeness (QED) is 0.111. The average molecular weight is 664 g/mol. The molecule has 1 aromatic carbocycles. The maximum Gasteiger partial charge on any atom is 0.293 e. The minimum Gasteiger partial charge on any atom is -0.464 e. The lowest BCUT2D eigenvalue weighted by Crippen LogP contribution is -2.29. The smallest absolute Gasteiger partial charge is 0.293 e. The van der Waals surface area contributed by atoms with Gasteiger partial charge in [-0.25, -0.2) is 19.3 Å². The third kappa shape index (κ3) is 14.8. The summed E-state index contributed by atoms with van der Waals surface area (Å²) in [6.45, 7) is 22.0. The van der Waals surface area contributed by atoms with Crippen molar-refractivity contribution in [1.82, 2.24) is 19.9 Å². The number of rotatable bonds is 8. The lowest BCUT2D eigenvalue weighted by molar-refractivity contribution is -0.138. The fourth-order valence-electron chi connectivity index (χ4n) is 3.74. The normalized spacial score (nSPS) is 12.6. The Hall–Kier alpha value is -3.67. The van der Waals surface area contributed by atoms with Crippen LogP contribution in [0.4, 0.5) is 10.1 Å². The Kier molecular flexibility index (Phi) is 20.9. The first-order valence-electron chi connectivity index (χ1n) is 14.5. The van der Waals surface area contributed by atoms with Crippen LogP contribution in [-0.2, 0) is 19.1 Å². The molecule has 0 atom stereocenters. The molecule has 3 heterocycles. The van der Waals surface area contributed by atoms with Crippen LogP contribution in [-0.4, -0.2) is 72.2 Å². The molecule has 2 aromatic heterocycles. The third-order valence-electron chi connectivity index (χ3n) is 5.78. The molecule has 12 heteroatoms. The molecule has 1 saturated heterocycles. The first-order chi connectivity index (χ1) is 21.5. The third-order valence-corrected chi connectivity index (χ3v) is 7.20. The predicted octanol–water partition coefficient (Wildman–Crippen LogP) is 8.04. The van der Waals surface area contributed by atoms with Gasteiger partial charge in [-0.1, -0.05) is 32.6 Å². The molecule has 0 radical (unpaired) electrons. The Balaban J connectivity index is 0.000000949. The number of hydrogen-bond acceptors (Lipinski definition) is 10. The fourth-order valence-corrected chi connectivity index (χ4v) is 5.11. The zero-order valence-corrected chi connectivity index (χ0v) is 29.0. The average Bonchev–Trinajstić information content (AvgIpc) is 3.48. The fraction of sp³-hybridized carbons (Fsp3) is 0.424. The van der Waals surface area contributed by atoms with Crippen molar-refractivity contribution >= 4 is 41.6 Å². The molecule has 0 bridgehead atoms. The maximum atomic E-state index is 15.1. The SMILES string of the molecule is C=C.C=CCOC=O.CC.CC(C)(C)OC=O.CNc1cccc(-c2nc(C3CCN(C)CC3)sc2-c2ccnc(Cl)n2)c1F. The summed E-state index contributed by atoms with van der Waals surface area (Å²) in [4.78, 5) is 35.3. The van der Waals surface area contributed by atoms with Gasteiger partial charge < -0.3 is 19.7 Å². The van der Waals surface area contributed by atoms with E-state index >= 15 is 4.39 Å². The second kappa shape index (κ2) is 22.8. The van der Waals surface area contributed by atoms with Crippen molar-refractivity contribution in [3.05, 3.63) is 72.4 Å². The van der Waals surface area contributed by atoms with Crippen LogP contribution in [0.1, 0.15) is 58.4 Å². The lowest BCUT2D eigenvalue weighted by atomic mass is 9.98. The summed E-state index contributed by atoms with van der Waals surface area (Å²) < 4.78 is 23.8. The van der Waals surface area contributed by atoms with E-state index in [2.05, 4.69) is 56.4 Å². The van der Waals surface area contributed by atoms with E-state index in [4.69, 9.17) is 16.6 Å². The van der Waals surface area contributed by atoms with Crippen LogP contribution in [0.2, 0.25) is 5.28 Å². The van der Waals surface area contributed by atoms with Gasteiger partial charge in [-0.15, -0.1) is 24.5 Å². The van der Waals surface area contributed by atoms with Gasteiger partial charge >= 0.3 is 0 Å². The summed E-state index contributed by atoms with van der Waals surface area (Å²) >= 11 is 7.60. The van der Waals surface area contributed by atoms with Crippen molar-refractivity contribution in [2.24, 2.45) is 0 Å². The number of anilines is 1. The van der Waals surface area contributed by atoms with Crippen molar-refractivity contribution in [2.75, 3.05) is 39.1 Å². The Morgan fingerprint density at radius 1 is 1.13 bits per heavy atom. The van der Waals surface area contributed by atoms with Gasteiger partial charge in [0.2, 0.25) is 5.28 Å². The number of carbonyl (C=O) groups excluding carboxylic acids is 2. The van der Waals surface area contributed by atoms with Crippen molar-refractivity contribution in [3.63, 3.8) is 0 Å². The van der Waals surface area contributed by atoms with Crippen LogP contribution in [0.15, 0.2) is 56.3 Å². The van der Waals surface area contributed by atoms with E-state index in [1.165, 1.54) is 6.08 Å². The van der Waals surface area contributed by atoms with Crippen LogP contribution in [0.5, 0.6) is 0 Å². The number of carbonyl (C=O) groups is 2. The Labute approximate surface area is 276 Å². The zero-order chi connectivity index (χ0) is 34.4. The first-order valence-corrected chi connectivity index (χ1v) is 15.7. The van der Waals surface area contributed by atoms with Gasteiger partial charge in [0.15, 0.2) is 5.82 Å². The van der Waals surface area contributed by atoms with Gasteiger partial charge in [-0.05, 0) is 83.6 Å². The van der Waals surface area contributed by atoms with Crippen LogP contribution >= 0.6 is 22.9 Å². The van der Waals surface area contributed by atoms with Gasteiger partial charge in [0.1, 0.15) is 12.2 Å². The Bertz CT molecular complexity index is 1290. The van der Waals surface area contributed by atoms with E-state index in [1.54, 1.807) is 42.8 Å². The molecule has 0 saturated carbocycles. The predicted molar refractivity (Wildman–Crippen MR) is 184 cm³/mol. The van der Waals surface area contributed by atoms with Crippen molar-refractivity contribution in [2.45, 2.75) is 59.0 Å². The number of aromatic nitrogens is 3. The summed E-state index contributed by atoms with van der Waals surface area (Å²) in [5.74, 6) is 0.0631. The van der Waals surface area contributed by atoms with Gasteiger partial charge in [-0.3, -0.25) is 9.59 Å². The molecular formula is C33H47ClFN5O4S. The molecule has 1 aliphatic heterocycles. The Morgan fingerprint density at radius 3 is 2.24 bits per heavy atom. The second-order valence-electron chi connectivity index (χ2n) is 9.98. The molecule has 0 aliphatic carbocycles. The molecule has 1 aliphatic rings. The molecule has 1 N–H and O–H groups in total. The number of hydrogen-bond donors (Lipinski definition) is 1. The highest BCUT2D eigenvalue weighted by Crippen LogP contribution is 2.42. The van der Waals surface area contributed by atoms with E-state index in [1.807, 2.05) is 40.7 Å². The van der Waals surface area contributed by atoms with Crippen LogP contribution < -0.4 is 5.32 Å². The standard InChI is InChI=1S/C20H21ClFN5S.C5H10O2.C4H6O2.C2H6.C2H4/c1-23-14-5-3-4-13(16(14)22)17-18(15-6-9-24-20(21)25-15)28-19(26-17)12-7-10-27(2)11-8-12;1-5(2,3)7-4-6;1-2-3-6-4-5;2*1-2/h3-6,9,12,23H,7-8,10-11H2,1-2H3;4H,1-3H3;2,4H,1,3H2;1-2H3;1-2H2. The molecule has 4 rings (SSSR count). The summed E-state index contributed by atoms with van der Waals surface area (Å²) in [6.07, 6.45) is 5.22. The molecule has 0 unspecified atom stereocenters. The molecule has 248 valence electrons. The minimum atomic E-state index is -0.318. The molecule has 3 aromatic rings. The van der Waals surface area contributed by atoms with Gasteiger partial charge in [0.05, 0.1) is 27.0 Å². The number of benzene rings is 1. The van der Waals surface area contributed by atoms with E-state index in [0.717, 1.165) is 35.8 Å². The van der Waals surface area contributed by atoms with Crippen molar-refractivity contribution in [3.8, 4) is 21.8 Å². The van der Waals surface area contributed by atoms with Crippen molar-refractivity contribution < 1.29 is 23.5 Å². The number of likely N-dealkylation sites (tertiary alicyclic amines) is 1. The summed E-state index contributed by atoms with van der Waals surface area (Å²) in [7, 11) is 3.84. The van der Waals surface area contributed by atoms with Crippen LogP contribution in [0, 0.1) is 5.82 Å². The lowest BCUT2D eigenvalue weighted by Gasteiger charge is -2.27. The molecule has 1 fully saturated rings. The molecular weight excluding hydrogens is 617 g/mol. The number of halogens is 2. The number of piperidine rings is 1. The van der Waals surface area contributed by atoms with E-state index in [-0.39, 0.29) is 16.7 Å². The highest BCUT2D eigenvalue weighted by atomic mass is 35.5. The topological polar surface area (TPSA) is 107 Å². The number of thiazole rings is 1. The van der Waals surface area contributed by atoms with Crippen LogP contribution in [0.3, 0.4) is 0 Å².